The van der Waals surface area contributed by atoms with Crippen molar-refractivity contribution in [2.24, 2.45) is 5.92 Å². The van der Waals surface area contributed by atoms with Crippen molar-refractivity contribution in [3.8, 4) is 0 Å². The number of benzene rings is 2. The number of carbonyl (C=O) groups excluding carboxylic acids is 1. The van der Waals surface area contributed by atoms with E-state index in [-0.39, 0.29) is 18.4 Å². The molecular weight excluding hydrogens is 323 g/mol. The van der Waals surface area contributed by atoms with Crippen LogP contribution in [0.5, 0.6) is 0 Å². The number of carbonyl (C=O) groups is 2. The molecule has 1 fully saturated rings. The van der Waals surface area contributed by atoms with E-state index in [1.54, 1.807) is 12.1 Å². The summed E-state index contributed by atoms with van der Waals surface area (Å²) in [5.74, 6) is -1.74. The highest BCUT2D eigenvalue weighted by Crippen LogP contribution is 2.24. The average Bonchev–Trinajstić information content (AvgIpc) is 3.12. The van der Waals surface area contributed by atoms with E-state index in [9.17, 15) is 14.0 Å². The smallest absolute Gasteiger partial charge is 0.318 e. The molecule has 2 amide bonds. The standard InChI is InChI=1S/C19H19FN2O3/c20-16-8-6-14(7-9-16)17(13-4-2-1-3-5-13)21-19(25)22-11-10-15(12-22)18(23)24/h1-9,15,17H,10-12H2,(H,21,25)(H,23,24). The first-order valence-corrected chi connectivity index (χ1v) is 8.13. The van der Waals surface area contributed by atoms with Crippen molar-refractivity contribution < 1.29 is 19.1 Å². The van der Waals surface area contributed by atoms with Gasteiger partial charge in [0.15, 0.2) is 0 Å². The van der Waals surface area contributed by atoms with Gasteiger partial charge in [0.1, 0.15) is 5.82 Å². The molecule has 2 aromatic carbocycles. The fourth-order valence-electron chi connectivity index (χ4n) is 3.02. The lowest BCUT2D eigenvalue weighted by molar-refractivity contribution is -0.141. The molecular formula is C19H19FN2O3. The lowest BCUT2D eigenvalue weighted by atomic mass is 9.99. The average molecular weight is 342 g/mol. The van der Waals surface area contributed by atoms with Gasteiger partial charge in [-0.25, -0.2) is 9.18 Å². The van der Waals surface area contributed by atoms with E-state index < -0.39 is 17.9 Å². The Morgan fingerprint density at radius 2 is 1.72 bits per heavy atom. The van der Waals surface area contributed by atoms with E-state index in [4.69, 9.17) is 5.11 Å². The molecule has 1 saturated heterocycles. The zero-order valence-electron chi connectivity index (χ0n) is 13.6. The number of nitrogens with one attached hydrogen (secondary N) is 1. The van der Waals surface area contributed by atoms with Crippen molar-refractivity contribution in [3.05, 3.63) is 71.5 Å². The van der Waals surface area contributed by atoms with Gasteiger partial charge in [0.25, 0.3) is 0 Å². The van der Waals surface area contributed by atoms with Gasteiger partial charge in [-0.2, -0.15) is 0 Å². The summed E-state index contributed by atoms with van der Waals surface area (Å²) >= 11 is 0. The van der Waals surface area contributed by atoms with Gasteiger partial charge in [-0.15, -0.1) is 0 Å². The van der Waals surface area contributed by atoms with Crippen molar-refractivity contribution in [1.82, 2.24) is 10.2 Å². The first-order valence-electron chi connectivity index (χ1n) is 8.13. The summed E-state index contributed by atoms with van der Waals surface area (Å²) in [5.41, 5.74) is 1.63. The fraction of sp³-hybridized carbons (Fsp3) is 0.263. The molecule has 6 heteroatoms. The van der Waals surface area contributed by atoms with E-state index in [1.807, 2.05) is 30.3 Å². The molecule has 0 radical (unpaired) electrons. The number of nitrogens with zero attached hydrogens (tertiary/aromatic N) is 1. The predicted octanol–water partition coefficient (Wildman–Crippen LogP) is 3.03. The molecule has 1 heterocycles. The highest BCUT2D eigenvalue weighted by atomic mass is 19.1. The van der Waals surface area contributed by atoms with Crippen LogP contribution in [0.25, 0.3) is 0 Å². The lowest BCUT2D eigenvalue weighted by Gasteiger charge is -2.24. The molecule has 0 aliphatic carbocycles. The van der Waals surface area contributed by atoms with Gasteiger partial charge >= 0.3 is 12.0 Å². The van der Waals surface area contributed by atoms with Gasteiger partial charge in [-0.3, -0.25) is 4.79 Å². The summed E-state index contributed by atoms with van der Waals surface area (Å²) in [6, 6.07) is 14.6. The number of aliphatic carboxylic acids is 1. The zero-order valence-corrected chi connectivity index (χ0v) is 13.6. The number of urea groups is 1. The topological polar surface area (TPSA) is 69.6 Å². The maximum Gasteiger partial charge on any atom is 0.318 e. The van der Waals surface area contributed by atoms with Crippen LogP contribution in [0.3, 0.4) is 0 Å². The number of halogens is 1. The Kier molecular flexibility index (Phi) is 4.97. The van der Waals surface area contributed by atoms with Crippen LogP contribution in [0.1, 0.15) is 23.6 Å². The van der Waals surface area contributed by atoms with Crippen LogP contribution in [0.15, 0.2) is 54.6 Å². The minimum absolute atomic E-state index is 0.200. The van der Waals surface area contributed by atoms with Crippen molar-refractivity contribution in [2.75, 3.05) is 13.1 Å². The van der Waals surface area contributed by atoms with Gasteiger partial charge in [0.05, 0.1) is 12.0 Å². The molecule has 3 rings (SSSR count). The lowest BCUT2D eigenvalue weighted by Crippen LogP contribution is -2.41. The molecule has 0 saturated carbocycles. The van der Waals surface area contributed by atoms with Crippen LogP contribution in [0.4, 0.5) is 9.18 Å². The largest absolute Gasteiger partial charge is 0.481 e. The second kappa shape index (κ2) is 7.34. The number of likely N-dealkylation sites (tertiary alicyclic amines) is 1. The van der Waals surface area contributed by atoms with E-state index in [0.29, 0.717) is 13.0 Å². The highest BCUT2D eigenvalue weighted by molar-refractivity contribution is 5.78. The molecule has 0 bridgehead atoms. The summed E-state index contributed by atoms with van der Waals surface area (Å²) < 4.78 is 13.2. The third-order valence-electron chi connectivity index (χ3n) is 4.43. The summed E-state index contributed by atoms with van der Waals surface area (Å²) in [6.45, 7) is 0.611. The number of rotatable bonds is 4. The zero-order chi connectivity index (χ0) is 17.8. The number of hydrogen-bond acceptors (Lipinski definition) is 2. The van der Waals surface area contributed by atoms with Crippen LogP contribution in [-0.4, -0.2) is 35.1 Å². The van der Waals surface area contributed by atoms with Gasteiger partial charge < -0.3 is 15.3 Å². The Balaban J connectivity index is 1.80. The summed E-state index contributed by atoms with van der Waals surface area (Å²) in [4.78, 5) is 25.2. The molecule has 2 N–H and O–H groups in total. The Morgan fingerprint density at radius 1 is 1.08 bits per heavy atom. The second-order valence-corrected chi connectivity index (χ2v) is 6.11. The van der Waals surface area contributed by atoms with Crippen LogP contribution in [0, 0.1) is 11.7 Å². The number of amides is 2. The third kappa shape index (κ3) is 3.96. The van der Waals surface area contributed by atoms with E-state index in [2.05, 4.69) is 5.32 Å². The fourth-order valence-corrected chi connectivity index (χ4v) is 3.02. The van der Waals surface area contributed by atoms with Crippen LogP contribution in [0.2, 0.25) is 0 Å². The Labute approximate surface area is 145 Å². The Bertz CT molecular complexity index is 749. The minimum atomic E-state index is -0.881. The number of carboxylic acids is 1. The predicted molar refractivity (Wildman–Crippen MR) is 90.5 cm³/mol. The van der Waals surface area contributed by atoms with Crippen molar-refractivity contribution in [1.29, 1.82) is 0 Å². The molecule has 130 valence electrons. The molecule has 25 heavy (non-hydrogen) atoms. The third-order valence-corrected chi connectivity index (χ3v) is 4.43. The molecule has 1 aliphatic heterocycles. The van der Waals surface area contributed by atoms with Crippen molar-refractivity contribution >= 4 is 12.0 Å². The maximum absolute atomic E-state index is 13.2. The van der Waals surface area contributed by atoms with Gasteiger partial charge in [0, 0.05) is 13.1 Å². The normalized spacial score (nSPS) is 18.0. The Morgan fingerprint density at radius 3 is 2.32 bits per heavy atom. The summed E-state index contributed by atoms with van der Waals surface area (Å²) in [5, 5.41) is 12.0. The first kappa shape index (κ1) is 17.0. The van der Waals surface area contributed by atoms with Gasteiger partial charge in [-0.1, -0.05) is 42.5 Å². The Hall–Kier alpha value is -2.89. The summed E-state index contributed by atoms with van der Waals surface area (Å²) in [6.07, 6.45) is 0.454. The molecule has 0 aromatic heterocycles. The van der Waals surface area contributed by atoms with Gasteiger partial charge in [0.2, 0.25) is 0 Å². The SMILES string of the molecule is O=C(O)C1CCN(C(=O)NC(c2ccccc2)c2ccc(F)cc2)C1. The highest BCUT2D eigenvalue weighted by Gasteiger charge is 2.32. The molecule has 1 aliphatic rings. The quantitative estimate of drug-likeness (QED) is 0.897. The second-order valence-electron chi connectivity index (χ2n) is 6.11. The van der Waals surface area contributed by atoms with Crippen LogP contribution in [-0.2, 0) is 4.79 Å². The van der Waals surface area contributed by atoms with E-state index in [1.165, 1.54) is 17.0 Å². The number of hydrogen-bond donors (Lipinski definition) is 2. The number of carboxylic acid groups (broad SMARTS) is 1. The maximum atomic E-state index is 13.2. The van der Waals surface area contributed by atoms with E-state index >= 15 is 0 Å². The monoisotopic (exact) mass is 342 g/mol. The molecule has 2 aromatic rings. The van der Waals surface area contributed by atoms with Gasteiger partial charge in [-0.05, 0) is 29.7 Å². The molecule has 2 unspecified atom stereocenters. The van der Waals surface area contributed by atoms with Crippen molar-refractivity contribution in [3.63, 3.8) is 0 Å². The van der Waals surface area contributed by atoms with E-state index in [0.717, 1.165) is 11.1 Å². The molecule has 5 nitrogen and oxygen atoms in total. The van der Waals surface area contributed by atoms with Crippen LogP contribution >= 0.6 is 0 Å². The van der Waals surface area contributed by atoms with Crippen molar-refractivity contribution in [2.45, 2.75) is 12.5 Å². The minimum Gasteiger partial charge on any atom is -0.481 e. The molecule has 2 atom stereocenters. The summed E-state index contributed by atoms with van der Waals surface area (Å²) in [7, 11) is 0. The first-order chi connectivity index (χ1) is 12.0. The molecule has 0 spiro atoms. The van der Waals surface area contributed by atoms with Crippen LogP contribution < -0.4 is 5.32 Å².